The third-order valence-electron chi connectivity index (χ3n) is 3.24. The average molecular weight is 223 g/mol. The van der Waals surface area contributed by atoms with E-state index in [2.05, 4.69) is 9.30 Å². The number of ether oxygens (including phenoxy) is 2. The van der Waals surface area contributed by atoms with E-state index in [0.717, 1.165) is 12.8 Å². The minimum absolute atomic E-state index is 0.262. The lowest BCUT2D eigenvalue weighted by molar-refractivity contribution is 0.0598. The number of rotatable bonds is 3. The van der Waals surface area contributed by atoms with Gasteiger partial charge in [0.1, 0.15) is 0 Å². The predicted molar refractivity (Wildman–Crippen MR) is 59.5 cm³/mol. The molecule has 16 heavy (non-hydrogen) atoms. The fourth-order valence-corrected chi connectivity index (χ4v) is 2.38. The Morgan fingerprint density at radius 1 is 1.44 bits per heavy atom. The number of nitrogens with zero attached hydrogens (tertiary/aromatic N) is 1. The van der Waals surface area contributed by atoms with E-state index in [1.54, 1.807) is 13.2 Å². The van der Waals surface area contributed by atoms with E-state index < -0.39 is 0 Å². The second-order valence-electron chi connectivity index (χ2n) is 4.11. The highest BCUT2D eigenvalue weighted by Crippen LogP contribution is 2.32. The first-order valence-corrected chi connectivity index (χ1v) is 5.55. The number of hydrogen-bond acceptors (Lipinski definition) is 3. The molecule has 4 heteroatoms. The van der Waals surface area contributed by atoms with Gasteiger partial charge in [0.25, 0.3) is 0 Å². The topological polar surface area (TPSA) is 40.5 Å². The SMILES string of the molecule is COC(=O)c1ccn([C@@H]2CCC[C@H]2OC)c1. The minimum Gasteiger partial charge on any atom is -0.465 e. The predicted octanol–water partition coefficient (Wildman–Crippen LogP) is 2.01. The second kappa shape index (κ2) is 4.70. The fourth-order valence-electron chi connectivity index (χ4n) is 2.38. The summed E-state index contributed by atoms with van der Waals surface area (Å²) in [7, 11) is 3.14. The molecule has 2 atom stereocenters. The zero-order valence-corrected chi connectivity index (χ0v) is 9.68. The molecule has 0 aromatic carbocycles. The van der Waals surface area contributed by atoms with Crippen LogP contribution in [0, 0.1) is 0 Å². The Labute approximate surface area is 95.2 Å². The van der Waals surface area contributed by atoms with Crippen LogP contribution in [0.25, 0.3) is 0 Å². The van der Waals surface area contributed by atoms with E-state index in [1.807, 2.05) is 12.4 Å². The van der Waals surface area contributed by atoms with Crippen LogP contribution in [0.4, 0.5) is 0 Å². The van der Waals surface area contributed by atoms with Gasteiger partial charge in [-0.1, -0.05) is 0 Å². The van der Waals surface area contributed by atoms with Crippen molar-refractivity contribution in [1.82, 2.24) is 4.57 Å². The second-order valence-corrected chi connectivity index (χ2v) is 4.11. The summed E-state index contributed by atoms with van der Waals surface area (Å²) in [5.41, 5.74) is 0.601. The molecule has 1 aliphatic carbocycles. The third kappa shape index (κ3) is 1.97. The van der Waals surface area contributed by atoms with Crippen molar-refractivity contribution in [3.05, 3.63) is 24.0 Å². The van der Waals surface area contributed by atoms with Crippen molar-refractivity contribution in [2.24, 2.45) is 0 Å². The van der Waals surface area contributed by atoms with Gasteiger partial charge in [-0.05, 0) is 25.3 Å². The largest absolute Gasteiger partial charge is 0.465 e. The first-order chi connectivity index (χ1) is 7.76. The quantitative estimate of drug-likeness (QED) is 0.736. The van der Waals surface area contributed by atoms with E-state index in [0.29, 0.717) is 11.6 Å². The highest BCUT2D eigenvalue weighted by atomic mass is 16.5. The van der Waals surface area contributed by atoms with Crippen LogP contribution in [0.1, 0.15) is 35.7 Å². The van der Waals surface area contributed by atoms with Crippen LogP contribution in [-0.2, 0) is 9.47 Å². The normalized spacial score (nSPS) is 24.6. The molecule has 0 N–H and O–H groups in total. The first kappa shape index (κ1) is 11.2. The van der Waals surface area contributed by atoms with E-state index >= 15 is 0 Å². The van der Waals surface area contributed by atoms with Gasteiger partial charge in [0.2, 0.25) is 0 Å². The summed E-state index contributed by atoms with van der Waals surface area (Å²) >= 11 is 0. The van der Waals surface area contributed by atoms with Crippen LogP contribution < -0.4 is 0 Å². The maximum Gasteiger partial charge on any atom is 0.339 e. The van der Waals surface area contributed by atoms with Crippen LogP contribution in [0.2, 0.25) is 0 Å². The highest BCUT2D eigenvalue weighted by molar-refractivity contribution is 5.89. The third-order valence-corrected chi connectivity index (χ3v) is 3.24. The molecule has 0 amide bonds. The maximum absolute atomic E-state index is 11.3. The molecule has 1 aromatic rings. The van der Waals surface area contributed by atoms with Crippen molar-refractivity contribution in [1.29, 1.82) is 0 Å². The Balaban J connectivity index is 2.15. The molecule has 4 nitrogen and oxygen atoms in total. The Morgan fingerprint density at radius 2 is 2.25 bits per heavy atom. The van der Waals surface area contributed by atoms with Gasteiger partial charge in [-0.2, -0.15) is 0 Å². The number of aromatic nitrogens is 1. The molecule has 0 unspecified atom stereocenters. The van der Waals surface area contributed by atoms with Crippen LogP contribution in [0.5, 0.6) is 0 Å². The lowest BCUT2D eigenvalue weighted by Gasteiger charge is -2.19. The lowest BCUT2D eigenvalue weighted by Crippen LogP contribution is -2.19. The molecule has 1 fully saturated rings. The molecule has 0 spiro atoms. The molecule has 88 valence electrons. The van der Waals surface area contributed by atoms with Crippen LogP contribution in [-0.4, -0.2) is 30.9 Å². The van der Waals surface area contributed by atoms with E-state index in [4.69, 9.17) is 4.74 Å². The van der Waals surface area contributed by atoms with E-state index in [1.165, 1.54) is 13.5 Å². The van der Waals surface area contributed by atoms with Crippen molar-refractivity contribution >= 4 is 5.97 Å². The summed E-state index contributed by atoms with van der Waals surface area (Å²) in [6, 6.07) is 2.14. The number of carbonyl (C=O) groups is 1. The molecule has 0 radical (unpaired) electrons. The Kier molecular flexibility index (Phi) is 3.29. The van der Waals surface area contributed by atoms with Crippen LogP contribution in [0.3, 0.4) is 0 Å². The summed E-state index contributed by atoms with van der Waals surface area (Å²) in [5.74, 6) is -0.286. The average Bonchev–Trinajstić information content (AvgIpc) is 2.95. The van der Waals surface area contributed by atoms with Crippen molar-refractivity contribution < 1.29 is 14.3 Å². The fraction of sp³-hybridized carbons (Fsp3) is 0.583. The van der Waals surface area contributed by atoms with Crippen molar-refractivity contribution in [3.63, 3.8) is 0 Å². The summed E-state index contributed by atoms with van der Waals surface area (Å²) in [5, 5.41) is 0. The van der Waals surface area contributed by atoms with Gasteiger partial charge in [0.15, 0.2) is 0 Å². The minimum atomic E-state index is -0.286. The highest BCUT2D eigenvalue weighted by Gasteiger charge is 2.28. The van der Waals surface area contributed by atoms with Crippen LogP contribution >= 0.6 is 0 Å². The Bertz CT molecular complexity index is 372. The number of esters is 1. The summed E-state index contributed by atoms with van der Waals surface area (Å²) < 4.78 is 12.2. The van der Waals surface area contributed by atoms with Gasteiger partial charge >= 0.3 is 5.97 Å². The maximum atomic E-state index is 11.3. The smallest absolute Gasteiger partial charge is 0.339 e. The van der Waals surface area contributed by atoms with E-state index in [9.17, 15) is 4.79 Å². The monoisotopic (exact) mass is 223 g/mol. The van der Waals surface area contributed by atoms with Gasteiger partial charge in [0.05, 0.1) is 24.8 Å². The first-order valence-electron chi connectivity index (χ1n) is 5.55. The molecule has 0 aliphatic heterocycles. The zero-order chi connectivity index (χ0) is 11.5. The van der Waals surface area contributed by atoms with E-state index in [-0.39, 0.29) is 12.1 Å². The number of carbonyl (C=O) groups excluding carboxylic acids is 1. The molecular weight excluding hydrogens is 206 g/mol. The lowest BCUT2D eigenvalue weighted by atomic mass is 10.2. The summed E-state index contributed by atoms with van der Waals surface area (Å²) in [6.45, 7) is 0. The van der Waals surface area contributed by atoms with Crippen molar-refractivity contribution in [2.75, 3.05) is 14.2 Å². The molecule has 0 bridgehead atoms. The van der Waals surface area contributed by atoms with Crippen molar-refractivity contribution in [2.45, 2.75) is 31.4 Å². The summed E-state index contributed by atoms with van der Waals surface area (Å²) in [6.07, 6.45) is 7.40. The van der Waals surface area contributed by atoms with Gasteiger partial charge < -0.3 is 14.0 Å². The number of methoxy groups -OCH3 is 2. The van der Waals surface area contributed by atoms with Crippen LogP contribution in [0.15, 0.2) is 18.5 Å². The summed E-state index contributed by atoms with van der Waals surface area (Å²) in [4.78, 5) is 11.3. The Morgan fingerprint density at radius 3 is 2.94 bits per heavy atom. The molecule has 1 aromatic heterocycles. The molecule has 0 saturated heterocycles. The molecule has 1 saturated carbocycles. The van der Waals surface area contributed by atoms with Crippen molar-refractivity contribution in [3.8, 4) is 0 Å². The van der Waals surface area contributed by atoms with Gasteiger partial charge in [-0.3, -0.25) is 0 Å². The van der Waals surface area contributed by atoms with Gasteiger partial charge in [-0.25, -0.2) is 4.79 Å². The Hall–Kier alpha value is -1.29. The zero-order valence-electron chi connectivity index (χ0n) is 9.68. The molecule has 2 rings (SSSR count). The van der Waals surface area contributed by atoms with Gasteiger partial charge in [-0.15, -0.1) is 0 Å². The molecular formula is C12H17NO3. The number of hydrogen-bond donors (Lipinski definition) is 0. The molecule has 1 heterocycles. The van der Waals surface area contributed by atoms with Gasteiger partial charge in [0, 0.05) is 19.5 Å². The molecule has 1 aliphatic rings. The standard InChI is InChI=1S/C12H17NO3/c1-15-11-5-3-4-10(11)13-7-6-9(8-13)12(14)16-2/h6-8,10-11H,3-5H2,1-2H3/t10-,11-/m1/s1.